The molecule has 16 heavy (non-hydrogen) atoms. The van der Waals surface area contributed by atoms with E-state index in [1.165, 1.54) is 21.1 Å². The van der Waals surface area contributed by atoms with Crippen molar-refractivity contribution in [2.75, 3.05) is 14.2 Å². The first-order valence-electron chi connectivity index (χ1n) is 4.56. The van der Waals surface area contributed by atoms with Crippen LogP contribution in [-0.4, -0.2) is 20.0 Å². The number of alkyl halides is 2. The highest BCUT2D eigenvalue weighted by Crippen LogP contribution is 2.35. The predicted octanol–water partition coefficient (Wildman–Crippen LogP) is 2.84. The number of Topliss-reactive ketones (excluding diaryl/α,β-unsaturated/α-hetero) is 1. The van der Waals surface area contributed by atoms with Gasteiger partial charge in [-0.1, -0.05) is 0 Å². The van der Waals surface area contributed by atoms with Crippen LogP contribution in [0.25, 0.3) is 0 Å². The number of hydrogen-bond acceptors (Lipinski definition) is 3. The first-order chi connectivity index (χ1) is 7.51. The molecule has 0 aliphatic carbocycles. The zero-order valence-electron chi connectivity index (χ0n) is 9.21. The maximum Gasteiger partial charge on any atom is 0.264 e. The summed E-state index contributed by atoms with van der Waals surface area (Å²) in [4.78, 5) is 11.3. The number of carbonyl (C=O) groups is 1. The number of rotatable bonds is 4. The number of ether oxygens (including phenoxy) is 2. The summed E-state index contributed by atoms with van der Waals surface area (Å²) in [5, 5.41) is 0. The Balaban J connectivity index is 3.43. The molecule has 1 aromatic rings. The van der Waals surface area contributed by atoms with Crippen molar-refractivity contribution in [2.24, 2.45) is 0 Å². The second-order valence-electron chi connectivity index (χ2n) is 3.16. The predicted molar refractivity (Wildman–Crippen MR) is 54.5 cm³/mol. The summed E-state index contributed by atoms with van der Waals surface area (Å²) in [6.07, 6.45) is -2.65. The molecule has 0 radical (unpaired) electrons. The Labute approximate surface area is 92.0 Å². The molecular formula is C11H12F2O3. The van der Waals surface area contributed by atoms with Crippen LogP contribution in [0.5, 0.6) is 11.5 Å². The van der Waals surface area contributed by atoms with Gasteiger partial charge in [0.15, 0.2) is 17.3 Å². The topological polar surface area (TPSA) is 35.5 Å². The van der Waals surface area contributed by atoms with E-state index in [4.69, 9.17) is 9.47 Å². The highest BCUT2D eigenvalue weighted by molar-refractivity contribution is 5.98. The van der Waals surface area contributed by atoms with Gasteiger partial charge in [-0.25, -0.2) is 8.78 Å². The SMILES string of the molecule is COc1cc(C(F)F)cc(C(C)=O)c1OC. The minimum absolute atomic E-state index is 0.0946. The Kier molecular flexibility index (Phi) is 3.82. The fourth-order valence-corrected chi connectivity index (χ4v) is 1.37. The molecule has 0 aromatic heterocycles. The van der Waals surface area contributed by atoms with Crippen molar-refractivity contribution >= 4 is 5.78 Å². The molecule has 0 spiro atoms. The lowest BCUT2D eigenvalue weighted by atomic mass is 10.1. The summed E-state index contributed by atoms with van der Waals surface area (Å²) in [6.45, 7) is 1.28. The van der Waals surface area contributed by atoms with E-state index in [0.717, 1.165) is 12.1 Å². The molecule has 3 nitrogen and oxygen atoms in total. The average Bonchev–Trinajstić information content (AvgIpc) is 2.26. The molecule has 0 bridgehead atoms. The maximum absolute atomic E-state index is 12.6. The van der Waals surface area contributed by atoms with Crippen molar-refractivity contribution in [3.8, 4) is 11.5 Å². The molecule has 0 unspecified atom stereocenters. The highest BCUT2D eigenvalue weighted by Gasteiger charge is 2.19. The van der Waals surface area contributed by atoms with Gasteiger partial charge in [0.05, 0.1) is 19.8 Å². The van der Waals surface area contributed by atoms with Crippen molar-refractivity contribution in [1.29, 1.82) is 0 Å². The lowest BCUT2D eigenvalue weighted by molar-refractivity contribution is 0.101. The van der Waals surface area contributed by atoms with Gasteiger partial charge in [-0.05, 0) is 19.1 Å². The number of carbonyl (C=O) groups excluding carboxylic acids is 1. The second-order valence-corrected chi connectivity index (χ2v) is 3.16. The molecule has 1 aromatic carbocycles. The van der Waals surface area contributed by atoms with Crippen LogP contribution in [0.3, 0.4) is 0 Å². The normalized spacial score (nSPS) is 10.4. The van der Waals surface area contributed by atoms with Crippen LogP contribution in [0.15, 0.2) is 12.1 Å². The van der Waals surface area contributed by atoms with Crippen LogP contribution >= 0.6 is 0 Å². The molecule has 0 aliphatic rings. The van der Waals surface area contributed by atoms with E-state index >= 15 is 0 Å². The van der Waals surface area contributed by atoms with Gasteiger partial charge < -0.3 is 9.47 Å². The molecule has 1 rings (SSSR count). The Morgan fingerprint density at radius 3 is 2.25 bits per heavy atom. The van der Waals surface area contributed by atoms with Gasteiger partial charge >= 0.3 is 0 Å². The van der Waals surface area contributed by atoms with E-state index in [-0.39, 0.29) is 28.4 Å². The molecule has 88 valence electrons. The molecule has 0 N–H and O–H groups in total. The average molecular weight is 230 g/mol. The first-order valence-corrected chi connectivity index (χ1v) is 4.56. The van der Waals surface area contributed by atoms with Gasteiger partial charge in [0.25, 0.3) is 6.43 Å². The number of benzene rings is 1. The molecule has 0 saturated heterocycles. The fraction of sp³-hybridized carbons (Fsp3) is 0.364. The summed E-state index contributed by atoms with van der Waals surface area (Å²) in [7, 11) is 2.68. The third-order valence-electron chi connectivity index (χ3n) is 2.13. The van der Waals surface area contributed by atoms with E-state index in [9.17, 15) is 13.6 Å². The summed E-state index contributed by atoms with van der Waals surface area (Å²) >= 11 is 0. The first kappa shape index (κ1) is 12.4. The summed E-state index contributed by atoms with van der Waals surface area (Å²) in [5.74, 6) is -0.0393. The number of methoxy groups -OCH3 is 2. The molecule has 0 heterocycles. The van der Waals surface area contributed by atoms with Gasteiger partial charge in [0, 0.05) is 5.56 Å². The number of ketones is 1. The summed E-state index contributed by atoms with van der Waals surface area (Å²) in [6, 6.07) is 2.28. The molecule has 0 saturated carbocycles. The van der Waals surface area contributed by atoms with Crippen molar-refractivity contribution in [3.63, 3.8) is 0 Å². The Bertz CT molecular complexity index is 402. The maximum atomic E-state index is 12.6. The van der Waals surface area contributed by atoms with Crippen molar-refractivity contribution in [1.82, 2.24) is 0 Å². The number of halogens is 2. The van der Waals surface area contributed by atoms with Gasteiger partial charge in [-0.2, -0.15) is 0 Å². The molecule has 0 atom stereocenters. The Morgan fingerprint density at radius 1 is 1.25 bits per heavy atom. The van der Waals surface area contributed by atoms with Crippen LogP contribution < -0.4 is 9.47 Å². The monoisotopic (exact) mass is 230 g/mol. The van der Waals surface area contributed by atoms with E-state index in [0.29, 0.717) is 0 Å². The standard InChI is InChI=1S/C11H12F2O3/c1-6(14)8-4-7(11(12)13)5-9(15-2)10(8)16-3/h4-5,11H,1-3H3. The molecule has 5 heteroatoms. The van der Waals surface area contributed by atoms with Crippen LogP contribution in [0.4, 0.5) is 8.78 Å². The van der Waals surface area contributed by atoms with Crippen molar-refractivity contribution < 1.29 is 23.0 Å². The highest BCUT2D eigenvalue weighted by atomic mass is 19.3. The third-order valence-corrected chi connectivity index (χ3v) is 2.13. The van der Waals surface area contributed by atoms with Crippen LogP contribution in [0, 0.1) is 0 Å². The summed E-state index contributed by atoms with van der Waals surface area (Å²) < 4.78 is 35.0. The van der Waals surface area contributed by atoms with E-state index < -0.39 is 6.43 Å². The molecule has 0 fully saturated rings. The van der Waals surface area contributed by atoms with E-state index in [1.54, 1.807) is 0 Å². The minimum Gasteiger partial charge on any atom is -0.493 e. The molecular weight excluding hydrogens is 218 g/mol. The zero-order chi connectivity index (χ0) is 12.3. The lowest BCUT2D eigenvalue weighted by Crippen LogP contribution is -2.02. The third kappa shape index (κ3) is 2.29. The van der Waals surface area contributed by atoms with E-state index in [2.05, 4.69) is 0 Å². The fourth-order valence-electron chi connectivity index (χ4n) is 1.37. The second kappa shape index (κ2) is 4.92. The summed E-state index contributed by atoms with van der Waals surface area (Å²) in [5.41, 5.74) is -0.167. The van der Waals surface area contributed by atoms with Gasteiger partial charge in [-0.3, -0.25) is 4.79 Å². The smallest absolute Gasteiger partial charge is 0.264 e. The van der Waals surface area contributed by atoms with Crippen LogP contribution in [0.1, 0.15) is 29.3 Å². The largest absolute Gasteiger partial charge is 0.493 e. The zero-order valence-corrected chi connectivity index (χ0v) is 9.21. The lowest BCUT2D eigenvalue weighted by Gasteiger charge is -2.13. The van der Waals surface area contributed by atoms with Gasteiger partial charge in [0.1, 0.15) is 0 Å². The van der Waals surface area contributed by atoms with Gasteiger partial charge in [-0.15, -0.1) is 0 Å². The van der Waals surface area contributed by atoms with Crippen LogP contribution in [-0.2, 0) is 0 Å². The van der Waals surface area contributed by atoms with Crippen LogP contribution in [0.2, 0.25) is 0 Å². The Hall–Kier alpha value is -1.65. The van der Waals surface area contributed by atoms with E-state index in [1.807, 2.05) is 0 Å². The quantitative estimate of drug-likeness (QED) is 0.746. The van der Waals surface area contributed by atoms with Crippen molar-refractivity contribution in [2.45, 2.75) is 13.3 Å². The minimum atomic E-state index is -2.65. The number of hydrogen-bond donors (Lipinski definition) is 0. The Morgan fingerprint density at radius 2 is 1.88 bits per heavy atom. The molecule has 0 amide bonds. The van der Waals surface area contributed by atoms with Gasteiger partial charge in [0.2, 0.25) is 0 Å². The molecule has 0 aliphatic heterocycles. The van der Waals surface area contributed by atoms with Crippen molar-refractivity contribution in [3.05, 3.63) is 23.3 Å².